The van der Waals surface area contributed by atoms with Crippen molar-refractivity contribution in [2.45, 2.75) is 26.3 Å². The lowest BCUT2D eigenvalue weighted by molar-refractivity contribution is 0.107. The molecule has 31 heavy (non-hydrogen) atoms. The van der Waals surface area contributed by atoms with Gasteiger partial charge in [0.15, 0.2) is 17.4 Å². The lowest BCUT2D eigenvalue weighted by Gasteiger charge is -2.12. The van der Waals surface area contributed by atoms with E-state index in [0.717, 1.165) is 17.0 Å². The second kappa shape index (κ2) is 10.4. The first-order valence-corrected chi connectivity index (χ1v) is 10.2. The minimum absolute atomic E-state index is 0.530. The number of rotatable bonds is 8. The average molecular weight is 415 g/mol. The maximum absolute atomic E-state index is 5.80. The van der Waals surface area contributed by atoms with Crippen molar-refractivity contribution in [2.75, 3.05) is 7.05 Å². The van der Waals surface area contributed by atoms with Crippen molar-refractivity contribution in [2.24, 2.45) is 4.99 Å². The number of nitrogens with zero attached hydrogens (tertiary/aromatic N) is 4. The Bertz CT molecular complexity index is 1120. The first-order chi connectivity index (χ1) is 15.3. The Balaban J connectivity index is 1.23. The molecular formula is C24H26N6O. The normalized spacial score (nSPS) is 11.6. The zero-order chi connectivity index (χ0) is 21.3. The van der Waals surface area contributed by atoms with Crippen LogP contribution in [0.4, 0.5) is 0 Å². The highest BCUT2D eigenvalue weighted by Crippen LogP contribution is 2.08. The summed E-state index contributed by atoms with van der Waals surface area (Å²) in [5.74, 6) is 1.54. The van der Waals surface area contributed by atoms with E-state index in [1.807, 2.05) is 47.0 Å². The van der Waals surface area contributed by atoms with Gasteiger partial charge in [0.05, 0.1) is 19.8 Å². The molecule has 4 aromatic rings. The number of nitrogens with one attached hydrogen (secondary N) is 2. The summed E-state index contributed by atoms with van der Waals surface area (Å²) in [5.41, 5.74) is 4.33. The average Bonchev–Trinajstić information content (AvgIpc) is 3.24. The maximum atomic E-state index is 5.80. The van der Waals surface area contributed by atoms with E-state index in [1.54, 1.807) is 7.05 Å². The molecule has 0 radical (unpaired) electrons. The quantitative estimate of drug-likeness (QED) is 0.342. The van der Waals surface area contributed by atoms with Gasteiger partial charge in [0, 0.05) is 19.8 Å². The SMILES string of the molecule is CN=C(NCc1ccc(COCc2ccccc2)cc1)NCc1nnc2ccccn12. The van der Waals surface area contributed by atoms with E-state index < -0.39 is 0 Å². The molecule has 0 saturated heterocycles. The second-order valence-electron chi connectivity index (χ2n) is 7.12. The second-order valence-corrected chi connectivity index (χ2v) is 7.12. The van der Waals surface area contributed by atoms with Crippen LogP contribution in [0.5, 0.6) is 0 Å². The highest BCUT2D eigenvalue weighted by molar-refractivity contribution is 5.79. The standard InChI is InChI=1S/C24H26N6O/c1-25-24(27-16-23-29-28-22-9-5-6-14-30(22)23)26-15-19-10-12-21(13-11-19)18-31-17-20-7-3-2-4-8-20/h2-14H,15-18H2,1H3,(H2,25,26,27). The molecule has 2 N–H and O–H groups in total. The minimum Gasteiger partial charge on any atom is -0.372 e. The summed E-state index contributed by atoms with van der Waals surface area (Å²) in [6.45, 7) is 2.42. The Morgan fingerprint density at radius 1 is 0.806 bits per heavy atom. The van der Waals surface area contributed by atoms with Gasteiger partial charge in [-0.1, -0.05) is 60.7 Å². The van der Waals surface area contributed by atoms with Crippen LogP contribution in [0.25, 0.3) is 5.65 Å². The van der Waals surface area contributed by atoms with Crippen LogP contribution in [0.1, 0.15) is 22.5 Å². The van der Waals surface area contributed by atoms with Crippen LogP contribution in [0.3, 0.4) is 0 Å². The van der Waals surface area contributed by atoms with Crippen molar-refractivity contribution in [1.82, 2.24) is 25.2 Å². The van der Waals surface area contributed by atoms with Crippen LogP contribution in [0.15, 0.2) is 84.0 Å². The monoisotopic (exact) mass is 414 g/mol. The number of pyridine rings is 1. The zero-order valence-electron chi connectivity index (χ0n) is 17.5. The van der Waals surface area contributed by atoms with Gasteiger partial charge >= 0.3 is 0 Å². The summed E-state index contributed by atoms with van der Waals surface area (Å²) in [4.78, 5) is 4.29. The summed E-state index contributed by atoms with van der Waals surface area (Å²) in [5, 5.41) is 15.0. The molecule has 0 unspecified atom stereocenters. The highest BCUT2D eigenvalue weighted by Gasteiger charge is 2.06. The number of hydrogen-bond donors (Lipinski definition) is 2. The molecule has 0 aliphatic carbocycles. The number of ether oxygens (including phenoxy) is 1. The maximum Gasteiger partial charge on any atom is 0.191 e. The fraction of sp³-hybridized carbons (Fsp3) is 0.208. The molecule has 0 saturated carbocycles. The van der Waals surface area contributed by atoms with Crippen molar-refractivity contribution >= 4 is 11.6 Å². The molecule has 0 aliphatic heterocycles. The van der Waals surface area contributed by atoms with Gasteiger partial charge in [-0.2, -0.15) is 0 Å². The van der Waals surface area contributed by atoms with Gasteiger partial charge in [0.1, 0.15) is 0 Å². The molecule has 2 heterocycles. The summed E-state index contributed by atoms with van der Waals surface area (Å²) in [7, 11) is 1.75. The van der Waals surface area contributed by atoms with E-state index in [2.05, 4.69) is 62.2 Å². The molecule has 7 nitrogen and oxygen atoms in total. The van der Waals surface area contributed by atoms with E-state index in [4.69, 9.17) is 4.74 Å². The summed E-state index contributed by atoms with van der Waals surface area (Å²) >= 11 is 0. The molecule has 0 atom stereocenters. The van der Waals surface area contributed by atoms with Crippen LogP contribution in [0, 0.1) is 0 Å². The first kappa shape index (κ1) is 20.6. The van der Waals surface area contributed by atoms with Gasteiger partial charge in [0.25, 0.3) is 0 Å². The smallest absolute Gasteiger partial charge is 0.191 e. The first-order valence-electron chi connectivity index (χ1n) is 10.2. The molecule has 0 bridgehead atoms. The molecule has 2 aromatic heterocycles. The number of aromatic nitrogens is 3. The fourth-order valence-corrected chi connectivity index (χ4v) is 3.19. The van der Waals surface area contributed by atoms with Crippen LogP contribution >= 0.6 is 0 Å². The Labute approximate surface area is 181 Å². The van der Waals surface area contributed by atoms with Crippen LogP contribution < -0.4 is 10.6 Å². The van der Waals surface area contributed by atoms with Crippen LogP contribution in [-0.2, 0) is 31.0 Å². The van der Waals surface area contributed by atoms with Gasteiger partial charge < -0.3 is 15.4 Å². The third-order valence-corrected chi connectivity index (χ3v) is 4.89. The van der Waals surface area contributed by atoms with E-state index in [-0.39, 0.29) is 0 Å². The van der Waals surface area contributed by atoms with Crippen molar-refractivity contribution < 1.29 is 4.74 Å². The van der Waals surface area contributed by atoms with Crippen molar-refractivity contribution in [1.29, 1.82) is 0 Å². The number of fused-ring (bicyclic) bond motifs is 1. The molecule has 0 spiro atoms. The Hall–Kier alpha value is -3.71. The summed E-state index contributed by atoms with van der Waals surface area (Å²) in [6, 6.07) is 24.4. The van der Waals surface area contributed by atoms with E-state index in [9.17, 15) is 0 Å². The van der Waals surface area contributed by atoms with Crippen molar-refractivity contribution in [3.8, 4) is 0 Å². The molecule has 0 fully saturated rings. The fourth-order valence-electron chi connectivity index (χ4n) is 3.19. The van der Waals surface area contributed by atoms with Crippen molar-refractivity contribution in [3.63, 3.8) is 0 Å². The van der Waals surface area contributed by atoms with Gasteiger partial charge in [-0.3, -0.25) is 9.39 Å². The lowest BCUT2D eigenvalue weighted by Crippen LogP contribution is -2.36. The lowest BCUT2D eigenvalue weighted by atomic mass is 10.1. The number of benzene rings is 2. The topological polar surface area (TPSA) is 75.8 Å². The molecule has 158 valence electrons. The predicted octanol–water partition coefficient (Wildman–Crippen LogP) is 3.31. The highest BCUT2D eigenvalue weighted by atomic mass is 16.5. The third-order valence-electron chi connectivity index (χ3n) is 4.89. The summed E-state index contributed by atoms with van der Waals surface area (Å²) in [6.07, 6.45) is 1.95. The molecule has 7 heteroatoms. The van der Waals surface area contributed by atoms with E-state index in [0.29, 0.717) is 32.3 Å². The zero-order valence-corrected chi connectivity index (χ0v) is 17.5. The van der Waals surface area contributed by atoms with Crippen LogP contribution in [-0.4, -0.2) is 27.6 Å². The molecule has 4 rings (SSSR count). The molecular weight excluding hydrogens is 388 g/mol. The molecule has 0 amide bonds. The summed E-state index contributed by atoms with van der Waals surface area (Å²) < 4.78 is 7.76. The van der Waals surface area contributed by atoms with E-state index >= 15 is 0 Å². The van der Waals surface area contributed by atoms with E-state index in [1.165, 1.54) is 11.1 Å². The van der Waals surface area contributed by atoms with Gasteiger partial charge in [-0.05, 0) is 28.8 Å². The van der Waals surface area contributed by atoms with Crippen LogP contribution in [0.2, 0.25) is 0 Å². The largest absolute Gasteiger partial charge is 0.372 e. The Morgan fingerprint density at radius 2 is 1.48 bits per heavy atom. The Kier molecular flexibility index (Phi) is 6.87. The predicted molar refractivity (Wildman–Crippen MR) is 121 cm³/mol. The van der Waals surface area contributed by atoms with Gasteiger partial charge in [-0.25, -0.2) is 0 Å². The minimum atomic E-state index is 0.530. The molecule has 2 aromatic carbocycles. The Morgan fingerprint density at radius 3 is 2.26 bits per heavy atom. The van der Waals surface area contributed by atoms with Crippen molar-refractivity contribution in [3.05, 3.63) is 102 Å². The third kappa shape index (κ3) is 5.67. The number of hydrogen-bond acceptors (Lipinski definition) is 4. The molecule has 0 aliphatic rings. The number of aliphatic imine (C=N–C) groups is 1. The van der Waals surface area contributed by atoms with Gasteiger partial charge in [-0.15, -0.1) is 10.2 Å². The number of guanidine groups is 1. The van der Waals surface area contributed by atoms with Gasteiger partial charge in [0.2, 0.25) is 0 Å².